The van der Waals surface area contributed by atoms with E-state index in [9.17, 15) is 9.59 Å². The van der Waals surface area contributed by atoms with E-state index in [-0.39, 0.29) is 24.3 Å². The molecule has 0 saturated heterocycles. The Morgan fingerprint density at radius 2 is 1.96 bits per heavy atom. The van der Waals surface area contributed by atoms with Crippen LogP contribution in [0, 0.1) is 0 Å². The van der Waals surface area contributed by atoms with E-state index in [1.165, 1.54) is 7.11 Å². The molecule has 0 radical (unpaired) electrons. The molecule has 6 heteroatoms. The fourth-order valence-electron chi connectivity index (χ4n) is 3.40. The molecule has 0 N–H and O–H groups in total. The van der Waals surface area contributed by atoms with Crippen molar-refractivity contribution < 1.29 is 19.1 Å². The van der Waals surface area contributed by atoms with E-state index in [2.05, 4.69) is 6.92 Å². The van der Waals surface area contributed by atoms with Crippen LogP contribution >= 0.6 is 11.6 Å². The number of nitrogens with zero attached hydrogens (tertiary/aromatic N) is 1. The number of ether oxygens (including phenoxy) is 2. The van der Waals surface area contributed by atoms with Crippen molar-refractivity contribution in [2.75, 3.05) is 20.8 Å². The number of rotatable bonds is 7. The minimum atomic E-state index is -0.413. The Morgan fingerprint density at radius 3 is 2.50 bits per heavy atom. The van der Waals surface area contributed by atoms with Crippen LogP contribution in [0.5, 0.6) is 0 Å². The average Bonchev–Trinajstić information content (AvgIpc) is 2.63. The van der Waals surface area contributed by atoms with Gasteiger partial charge in [0.2, 0.25) is 5.91 Å². The SMILES string of the molecule is CCCC(CN1C(=O)CC(c2ccc(Cl)cc2)C(C(=O)OC)=C1C)OC. The van der Waals surface area contributed by atoms with Crippen LogP contribution in [0.3, 0.4) is 0 Å². The molecule has 26 heavy (non-hydrogen) atoms. The van der Waals surface area contributed by atoms with Crippen LogP contribution < -0.4 is 0 Å². The van der Waals surface area contributed by atoms with Gasteiger partial charge >= 0.3 is 5.97 Å². The van der Waals surface area contributed by atoms with Crippen molar-refractivity contribution in [3.8, 4) is 0 Å². The Morgan fingerprint density at radius 1 is 1.31 bits per heavy atom. The smallest absolute Gasteiger partial charge is 0.336 e. The van der Waals surface area contributed by atoms with Crippen molar-refractivity contribution in [3.05, 3.63) is 46.1 Å². The molecule has 0 spiro atoms. The normalized spacial score (nSPS) is 18.9. The molecule has 0 aromatic heterocycles. The van der Waals surface area contributed by atoms with Gasteiger partial charge in [-0.1, -0.05) is 37.1 Å². The van der Waals surface area contributed by atoms with Crippen LogP contribution in [0.4, 0.5) is 0 Å². The molecule has 1 aromatic carbocycles. The molecule has 142 valence electrons. The Hall–Kier alpha value is -1.85. The Bertz CT molecular complexity index is 684. The van der Waals surface area contributed by atoms with Crippen LogP contribution in [0.15, 0.2) is 35.5 Å². The number of benzene rings is 1. The van der Waals surface area contributed by atoms with Gasteiger partial charge in [-0.25, -0.2) is 4.79 Å². The second-order valence-electron chi connectivity index (χ2n) is 6.45. The van der Waals surface area contributed by atoms with E-state index >= 15 is 0 Å². The molecule has 2 atom stereocenters. The number of amides is 1. The summed E-state index contributed by atoms with van der Waals surface area (Å²) in [5.74, 6) is -0.770. The molecule has 0 fully saturated rings. The molecule has 0 aliphatic carbocycles. The van der Waals surface area contributed by atoms with E-state index in [0.717, 1.165) is 18.4 Å². The maximum absolute atomic E-state index is 12.8. The van der Waals surface area contributed by atoms with E-state index in [0.29, 0.717) is 22.8 Å². The first-order valence-electron chi connectivity index (χ1n) is 8.80. The predicted molar refractivity (Wildman–Crippen MR) is 101 cm³/mol. The summed E-state index contributed by atoms with van der Waals surface area (Å²) in [7, 11) is 3.00. The van der Waals surface area contributed by atoms with Crippen molar-refractivity contribution in [2.24, 2.45) is 0 Å². The molecular formula is C20H26ClNO4. The summed E-state index contributed by atoms with van der Waals surface area (Å²) in [6.45, 7) is 4.30. The fraction of sp³-hybridized carbons (Fsp3) is 0.500. The van der Waals surface area contributed by atoms with Gasteiger partial charge in [0.25, 0.3) is 0 Å². The number of allylic oxidation sites excluding steroid dienone is 1. The number of hydrogen-bond donors (Lipinski definition) is 0. The minimum absolute atomic E-state index is 0.0201. The number of carbonyl (C=O) groups excluding carboxylic acids is 2. The number of carbonyl (C=O) groups is 2. The van der Waals surface area contributed by atoms with Gasteiger partial charge in [-0.05, 0) is 31.0 Å². The van der Waals surface area contributed by atoms with Crippen LogP contribution in [0.25, 0.3) is 0 Å². The van der Waals surface area contributed by atoms with Crippen LogP contribution in [0.1, 0.15) is 44.6 Å². The standard InChI is InChI=1S/C20H26ClNO4/c1-5-6-16(25-3)12-22-13(2)19(20(24)26-4)17(11-18(22)23)14-7-9-15(21)10-8-14/h7-10,16-17H,5-6,11-12H2,1-4H3. The predicted octanol–water partition coefficient (Wildman–Crippen LogP) is 3.92. The maximum atomic E-state index is 12.8. The van der Waals surface area contributed by atoms with Crippen molar-refractivity contribution in [2.45, 2.75) is 45.1 Å². The quantitative estimate of drug-likeness (QED) is 0.674. The summed E-state index contributed by atoms with van der Waals surface area (Å²) < 4.78 is 10.5. The van der Waals surface area contributed by atoms with E-state index in [4.69, 9.17) is 21.1 Å². The summed E-state index contributed by atoms with van der Waals surface area (Å²) in [5.41, 5.74) is 2.02. The molecule has 2 rings (SSSR count). The topological polar surface area (TPSA) is 55.8 Å². The monoisotopic (exact) mass is 379 g/mol. The summed E-state index contributed by atoms with van der Waals surface area (Å²) in [4.78, 5) is 27.0. The molecule has 2 unspecified atom stereocenters. The van der Waals surface area contributed by atoms with Crippen molar-refractivity contribution in [3.63, 3.8) is 0 Å². The first kappa shape index (κ1) is 20.5. The van der Waals surface area contributed by atoms with E-state index in [1.54, 1.807) is 31.1 Å². The number of esters is 1. The molecule has 1 heterocycles. The summed E-state index contributed by atoms with van der Waals surface area (Å²) in [5, 5.41) is 0.611. The lowest BCUT2D eigenvalue weighted by molar-refractivity contribution is -0.138. The van der Waals surface area contributed by atoms with Crippen molar-refractivity contribution in [1.82, 2.24) is 4.90 Å². The zero-order chi connectivity index (χ0) is 19.3. The first-order chi connectivity index (χ1) is 12.4. The van der Waals surface area contributed by atoms with Crippen molar-refractivity contribution >= 4 is 23.5 Å². The van der Waals surface area contributed by atoms with Gasteiger partial charge in [-0.3, -0.25) is 4.79 Å². The summed E-state index contributed by atoms with van der Waals surface area (Å²) in [6, 6.07) is 7.22. The highest BCUT2D eigenvalue weighted by molar-refractivity contribution is 6.30. The van der Waals surface area contributed by atoms with Gasteiger partial charge in [0.1, 0.15) is 0 Å². The third-order valence-corrected chi connectivity index (χ3v) is 5.08. The number of halogens is 1. The van der Waals surface area contributed by atoms with Gasteiger partial charge in [0, 0.05) is 30.2 Å². The second-order valence-corrected chi connectivity index (χ2v) is 6.89. The molecule has 0 saturated carbocycles. The lowest BCUT2D eigenvalue weighted by atomic mass is 9.83. The van der Waals surface area contributed by atoms with Crippen LogP contribution in [0.2, 0.25) is 5.02 Å². The largest absolute Gasteiger partial charge is 0.466 e. The fourth-order valence-corrected chi connectivity index (χ4v) is 3.53. The molecule has 0 bridgehead atoms. The molecule has 1 aliphatic rings. The average molecular weight is 380 g/mol. The van der Waals surface area contributed by atoms with Crippen LogP contribution in [-0.2, 0) is 19.1 Å². The zero-order valence-electron chi connectivity index (χ0n) is 15.8. The third kappa shape index (κ3) is 4.46. The first-order valence-corrected chi connectivity index (χ1v) is 9.18. The second kappa shape index (κ2) is 9.19. The maximum Gasteiger partial charge on any atom is 0.336 e. The van der Waals surface area contributed by atoms with Gasteiger partial charge in [0.15, 0.2) is 0 Å². The van der Waals surface area contributed by atoms with Gasteiger partial charge in [-0.15, -0.1) is 0 Å². The molecule has 1 amide bonds. The van der Waals surface area contributed by atoms with Crippen molar-refractivity contribution in [1.29, 1.82) is 0 Å². The highest BCUT2D eigenvalue weighted by Crippen LogP contribution is 2.37. The minimum Gasteiger partial charge on any atom is -0.466 e. The molecule has 1 aliphatic heterocycles. The Balaban J connectivity index is 2.42. The van der Waals surface area contributed by atoms with E-state index < -0.39 is 5.97 Å². The molecular weight excluding hydrogens is 354 g/mol. The third-order valence-electron chi connectivity index (χ3n) is 4.83. The molecule has 1 aromatic rings. The highest BCUT2D eigenvalue weighted by Gasteiger charge is 2.37. The summed E-state index contributed by atoms with van der Waals surface area (Å²) in [6.07, 6.45) is 1.96. The number of hydrogen-bond acceptors (Lipinski definition) is 4. The van der Waals surface area contributed by atoms with E-state index in [1.807, 2.05) is 12.1 Å². The Labute approximate surface area is 159 Å². The van der Waals surface area contributed by atoms with Gasteiger partial charge < -0.3 is 14.4 Å². The van der Waals surface area contributed by atoms with Gasteiger partial charge in [-0.2, -0.15) is 0 Å². The molecule has 5 nitrogen and oxygen atoms in total. The summed E-state index contributed by atoms with van der Waals surface area (Å²) >= 11 is 5.97. The lowest BCUT2D eigenvalue weighted by Gasteiger charge is -2.36. The van der Waals surface area contributed by atoms with Crippen LogP contribution in [-0.4, -0.2) is 43.6 Å². The number of methoxy groups -OCH3 is 2. The highest BCUT2D eigenvalue weighted by atomic mass is 35.5. The Kier molecular flexibility index (Phi) is 7.23. The lowest BCUT2D eigenvalue weighted by Crippen LogP contribution is -2.42. The zero-order valence-corrected chi connectivity index (χ0v) is 16.5. The van der Waals surface area contributed by atoms with Gasteiger partial charge in [0.05, 0.1) is 25.3 Å².